The molecule has 0 aromatic carbocycles. The fourth-order valence-corrected chi connectivity index (χ4v) is 1.54. The number of nitrogens with two attached hydrogens (primary N) is 1. The van der Waals surface area contributed by atoms with E-state index in [1.165, 1.54) is 0 Å². The molecule has 0 aliphatic rings. The van der Waals surface area contributed by atoms with Crippen LogP contribution in [-0.4, -0.2) is 17.6 Å². The quantitative estimate of drug-likeness (QED) is 0.618. The van der Waals surface area contributed by atoms with Crippen molar-refractivity contribution in [3.05, 3.63) is 11.1 Å². The van der Waals surface area contributed by atoms with Gasteiger partial charge in [-0.3, -0.25) is 0 Å². The second-order valence-corrected chi connectivity index (χ2v) is 3.38. The molecule has 0 atom stereocenters. The second-order valence-electron chi connectivity index (χ2n) is 3.38. The van der Waals surface area contributed by atoms with E-state index in [0.29, 0.717) is 18.5 Å². The summed E-state index contributed by atoms with van der Waals surface area (Å²) >= 11 is 0. The maximum atomic E-state index is 11.0. The average Bonchev–Trinajstić information content (AvgIpc) is 2.17. The molecule has 0 aliphatic carbocycles. The summed E-state index contributed by atoms with van der Waals surface area (Å²) in [5, 5.41) is 9.02. The Morgan fingerprint density at radius 3 is 2.29 bits per heavy atom. The van der Waals surface area contributed by atoms with Gasteiger partial charge in [0, 0.05) is 5.57 Å². The predicted octanol–water partition coefficient (Wildman–Crippen LogP) is 2.32. The molecule has 0 aromatic heterocycles. The van der Waals surface area contributed by atoms with Gasteiger partial charge in [0.2, 0.25) is 0 Å². The fourth-order valence-electron chi connectivity index (χ4n) is 1.54. The minimum atomic E-state index is -0.763. The molecule has 3 heteroatoms. The van der Waals surface area contributed by atoms with Crippen LogP contribution in [0.1, 0.15) is 46.0 Å². The van der Waals surface area contributed by atoms with Gasteiger partial charge in [-0.25, -0.2) is 4.79 Å². The third kappa shape index (κ3) is 4.42. The van der Waals surface area contributed by atoms with Crippen LogP contribution in [0.5, 0.6) is 0 Å². The maximum Gasteiger partial charge on any atom is 0.331 e. The van der Waals surface area contributed by atoms with E-state index in [9.17, 15) is 4.79 Å². The van der Waals surface area contributed by atoms with Crippen molar-refractivity contribution in [2.24, 2.45) is 5.73 Å². The Morgan fingerprint density at radius 1 is 1.29 bits per heavy atom. The van der Waals surface area contributed by atoms with Crippen molar-refractivity contribution in [1.29, 1.82) is 0 Å². The number of aliphatic carboxylic acids is 1. The first kappa shape index (κ1) is 13.2. The summed E-state index contributed by atoms with van der Waals surface area (Å²) in [5.74, 6) is -0.763. The van der Waals surface area contributed by atoms with Crippen molar-refractivity contribution in [1.82, 2.24) is 0 Å². The lowest BCUT2D eigenvalue weighted by atomic mass is 9.97. The van der Waals surface area contributed by atoms with Crippen molar-refractivity contribution in [2.75, 3.05) is 6.54 Å². The van der Waals surface area contributed by atoms with Gasteiger partial charge in [0.05, 0.1) is 0 Å². The Morgan fingerprint density at radius 2 is 1.93 bits per heavy atom. The highest BCUT2D eigenvalue weighted by Crippen LogP contribution is 2.19. The highest BCUT2D eigenvalue weighted by atomic mass is 16.4. The van der Waals surface area contributed by atoms with Crippen LogP contribution in [0, 0.1) is 0 Å². The van der Waals surface area contributed by atoms with Gasteiger partial charge in [-0.15, -0.1) is 0 Å². The van der Waals surface area contributed by atoms with E-state index >= 15 is 0 Å². The van der Waals surface area contributed by atoms with Gasteiger partial charge < -0.3 is 10.8 Å². The normalized spacial score (nSPS) is 12.5. The van der Waals surface area contributed by atoms with E-state index in [1.54, 1.807) is 0 Å². The van der Waals surface area contributed by atoms with Crippen LogP contribution < -0.4 is 5.73 Å². The van der Waals surface area contributed by atoms with E-state index in [2.05, 4.69) is 0 Å². The van der Waals surface area contributed by atoms with Crippen LogP contribution in [0.15, 0.2) is 11.1 Å². The Balaban J connectivity index is 4.59. The van der Waals surface area contributed by atoms with E-state index in [1.807, 2.05) is 13.8 Å². The highest BCUT2D eigenvalue weighted by molar-refractivity contribution is 5.87. The third-order valence-corrected chi connectivity index (χ3v) is 2.29. The van der Waals surface area contributed by atoms with Gasteiger partial charge in [-0.1, -0.05) is 25.8 Å². The first-order valence-corrected chi connectivity index (χ1v) is 5.31. The number of allylic oxidation sites excluding steroid dienone is 1. The molecule has 0 aliphatic heterocycles. The summed E-state index contributed by atoms with van der Waals surface area (Å²) in [5.41, 5.74) is 7.07. The molecule has 0 saturated carbocycles. The minimum Gasteiger partial charge on any atom is -0.478 e. The maximum absolute atomic E-state index is 11.0. The van der Waals surface area contributed by atoms with Crippen LogP contribution in [0.4, 0.5) is 0 Å². The summed E-state index contributed by atoms with van der Waals surface area (Å²) in [7, 11) is 0. The van der Waals surface area contributed by atoms with Crippen LogP contribution in [0.2, 0.25) is 0 Å². The molecule has 0 radical (unpaired) electrons. The van der Waals surface area contributed by atoms with Crippen molar-refractivity contribution >= 4 is 5.97 Å². The third-order valence-electron chi connectivity index (χ3n) is 2.29. The van der Waals surface area contributed by atoms with Crippen LogP contribution in [0.25, 0.3) is 0 Å². The standard InChI is InChI=1S/C11H21NO2/c1-3-6-10(11(13)14)9(4-2)7-5-8-12/h3-8,12H2,1-2H3,(H,13,14). The Kier molecular flexibility index (Phi) is 7.11. The highest BCUT2D eigenvalue weighted by Gasteiger charge is 2.11. The van der Waals surface area contributed by atoms with Crippen molar-refractivity contribution in [2.45, 2.75) is 46.0 Å². The molecule has 3 N–H and O–H groups in total. The smallest absolute Gasteiger partial charge is 0.331 e. The number of carbonyl (C=O) groups is 1. The molecular formula is C11H21NO2. The minimum absolute atomic E-state index is 0.600. The van der Waals surface area contributed by atoms with Gasteiger partial charge in [0.1, 0.15) is 0 Å². The number of hydrogen-bond acceptors (Lipinski definition) is 2. The monoisotopic (exact) mass is 199 g/mol. The van der Waals surface area contributed by atoms with Gasteiger partial charge in [-0.2, -0.15) is 0 Å². The summed E-state index contributed by atoms with van der Waals surface area (Å²) < 4.78 is 0. The Hall–Kier alpha value is -0.830. The van der Waals surface area contributed by atoms with E-state index in [4.69, 9.17) is 10.8 Å². The first-order chi connectivity index (χ1) is 6.67. The van der Waals surface area contributed by atoms with Gasteiger partial charge in [0.15, 0.2) is 0 Å². The molecule has 0 heterocycles. The second kappa shape index (κ2) is 7.56. The van der Waals surface area contributed by atoms with Crippen LogP contribution >= 0.6 is 0 Å². The number of carboxylic acid groups (broad SMARTS) is 1. The summed E-state index contributed by atoms with van der Waals surface area (Å²) in [6.07, 6.45) is 4.08. The zero-order valence-electron chi connectivity index (χ0n) is 9.18. The molecular weight excluding hydrogens is 178 g/mol. The lowest BCUT2D eigenvalue weighted by Gasteiger charge is -2.09. The molecule has 0 bridgehead atoms. The predicted molar refractivity (Wildman–Crippen MR) is 58.1 cm³/mol. The number of rotatable bonds is 7. The van der Waals surface area contributed by atoms with Gasteiger partial charge >= 0.3 is 5.97 Å². The van der Waals surface area contributed by atoms with Gasteiger partial charge in [0.25, 0.3) is 0 Å². The zero-order valence-corrected chi connectivity index (χ0v) is 9.18. The number of hydrogen-bond donors (Lipinski definition) is 2. The summed E-state index contributed by atoms with van der Waals surface area (Å²) in [6, 6.07) is 0. The largest absolute Gasteiger partial charge is 0.478 e. The molecule has 0 saturated heterocycles. The molecule has 0 spiro atoms. The van der Waals surface area contributed by atoms with Crippen molar-refractivity contribution in [3.8, 4) is 0 Å². The van der Waals surface area contributed by atoms with E-state index in [0.717, 1.165) is 31.3 Å². The molecule has 3 nitrogen and oxygen atoms in total. The van der Waals surface area contributed by atoms with Crippen molar-refractivity contribution in [3.63, 3.8) is 0 Å². The van der Waals surface area contributed by atoms with Crippen LogP contribution in [0.3, 0.4) is 0 Å². The number of carboxylic acids is 1. The molecule has 14 heavy (non-hydrogen) atoms. The van der Waals surface area contributed by atoms with E-state index in [-0.39, 0.29) is 0 Å². The zero-order chi connectivity index (χ0) is 11.0. The SMILES string of the molecule is CCCC(C(=O)O)=C(CC)CCCN. The lowest BCUT2D eigenvalue weighted by molar-refractivity contribution is -0.132. The summed E-state index contributed by atoms with van der Waals surface area (Å²) in [4.78, 5) is 11.0. The Bertz CT molecular complexity index is 209. The average molecular weight is 199 g/mol. The van der Waals surface area contributed by atoms with E-state index < -0.39 is 5.97 Å². The molecule has 0 fully saturated rings. The molecule has 0 unspecified atom stereocenters. The molecule has 0 rings (SSSR count). The topological polar surface area (TPSA) is 63.3 Å². The molecule has 0 amide bonds. The van der Waals surface area contributed by atoms with Crippen LogP contribution in [-0.2, 0) is 4.79 Å². The summed E-state index contributed by atoms with van der Waals surface area (Å²) in [6.45, 7) is 4.63. The molecule has 82 valence electrons. The van der Waals surface area contributed by atoms with Crippen molar-refractivity contribution < 1.29 is 9.90 Å². The molecule has 0 aromatic rings. The first-order valence-electron chi connectivity index (χ1n) is 5.31. The Labute approximate surface area is 86.0 Å². The van der Waals surface area contributed by atoms with Gasteiger partial charge in [-0.05, 0) is 32.2 Å². The fraction of sp³-hybridized carbons (Fsp3) is 0.727. The lowest BCUT2D eigenvalue weighted by Crippen LogP contribution is -2.06.